The van der Waals surface area contributed by atoms with Crippen LogP contribution in [0.4, 0.5) is 4.39 Å². The van der Waals surface area contributed by atoms with Gasteiger partial charge in [-0.2, -0.15) is 0 Å². The number of halogens is 1. The number of nitrogens with one attached hydrogen (secondary N) is 1. The predicted molar refractivity (Wildman–Crippen MR) is 76.1 cm³/mol. The molecule has 0 amide bonds. The van der Waals surface area contributed by atoms with Crippen LogP contribution in [0.1, 0.15) is 37.8 Å². The standard InChI is InChI=1S/C16H22FNO2/c1-10-5-6-11(7-14(10)17)12-8-18-9-13(12)15(19)20-16(2,3)4/h5-7,12-13,18H,8-9H2,1-4H3. The van der Waals surface area contributed by atoms with Crippen molar-refractivity contribution in [2.45, 2.75) is 39.2 Å². The third-order valence-corrected chi connectivity index (χ3v) is 3.55. The van der Waals surface area contributed by atoms with Gasteiger partial charge in [0, 0.05) is 19.0 Å². The summed E-state index contributed by atoms with van der Waals surface area (Å²) in [6.45, 7) is 8.55. The van der Waals surface area contributed by atoms with Crippen LogP contribution in [-0.2, 0) is 9.53 Å². The molecule has 0 spiro atoms. The summed E-state index contributed by atoms with van der Waals surface area (Å²) in [6.07, 6.45) is 0. The SMILES string of the molecule is Cc1ccc(C2CNCC2C(=O)OC(C)(C)C)cc1F. The molecular weight excluding hydrogens is 257 g/mol. The van der Waals surface area contributed by atoms with Crippen molar-refractivity contribution >= 4 is 5.97 Å². The van der Waals surface area contributed by atoms with Crippen molar-refractivity contribution in [3.63, 3.8) is 0 Å². The minimum Gasteiger partial charge on any atom is -0.460 e. The summed E-state index contributed by atoms with van der Waals surface area (Å²) in [6, 6.07) is 5.19. The highest BCUT2D eigenvalue weighted by atomic mass is 19.1. The Balaban J connectivity index is 2.18. The van der Waals surface area contributed by atoms with Gasteiger partial charge in [0.2, 0.25) is 0 Å². The summed E-state index contributed by atoms with van der Waals surface area (Å²) >= 11 is 0. The Morgan fingerprint density at radius 1 is 1.35 bits per heavy atom. The third-order valence-electron chi connectivity index (χ3n) is 3.55. The number of hydrogen-bond acceptors (Lipinski definition) is 3. The number of carbonyl (C=O) groups is 1. The molecule has 2 atom stereocenters. The Hall–Kier alpha value is -1.42. The smallest absolute Gasteiger partial charge is 0.311 e. The monoisotopic (exact) mass is 279 g/mol. The maximum absolute atomic E-state index is 13.7. The predicted octanol–water partition coefficient (Wildman–Crippen LogP) is 2.78. The largest absolute Gasteiger partial charge is 0.460 e. The number of esters is 1. The first kappa shape index (κ1) is 15.0. The molecule has 1 fully saturated rings. The van der Waals surface area contributed by atoms with Crippen LogP contribution in [0.15, 0.2) is 18.2 Å². The van der Waals surface area contributed by atoms with Crippen molar-refractivity contribution in [3.05, 3.63) is 35.1 Å². The van der Waals surface area contributed by atoms with Crippen LogP contribution in [-0.4, -0.2) is 24.7 Å². The van der Waals surface area contributed by atoms with Gasteiger partial charge in [-0.1, -0.05) is 12.1 Å². The number of rotatable bonds is 2. The molecule has 0 bridgehead atoms. The number of benzene rings is 1. The van der Waals surface area contributed by atoms with Gasteiger partial charge in [-0.15, -0.1) is 0 Å². The molecule has 4 heteroatoms. The molecule has 2 rings (SSSR count). The fraction of sp³-hybridized carbons (Fsp3) is 0.562. The molecule has 0 saturated carbocycles. The van der Waals surface area contributed by atoms with E-state index in [-0.39, 0.29) is 23.6 Å². The molecule has 3 nitrogen and oxygen atoms in total. The minimum atomic E-state index is -0.497. The van der Waals surface area contributed by atoms with Crippen LogP contribution < -0.4 is 5.32 Å². The zero-order valence-corrected chi connectivity index (χ0v) is 12.5. The first-order valence-corrected chi connectivity index (χ1v) is 6.97. The Labute approximate surface area is 119 Å². The average Bonchev–Trinajstić information content (AvgIpc) is 2.79. The molecule has 1 heterocycles. The van der Waals surface area contributed by atoms with Gasteiger partial charge < -0.3 is 10.1 Å². The van der Waals surface area contributed by atoms with Crippen molar-refractivity contribution < 1.29 is 13.9 Å². The lowest BCUT2D eigenvalue weighted by Crippen LogP contribution is -2.31. The molecule has 0 aromatic heterocycles. The van der Waals surface area contributed by atoms with Crippen LogP contribution in [0.25, 0.3) is 0 Å². The summed E-state index contributed by atoms with van der Waals surface area (Å²) in [5.41, 5.74) is 0.977. The zero-order valence-electron chi connectivity index (χ0n) is 12.5. The highest BCUT2D eigenvalue weighted by Gasteiger charge is 2.36. The molecule has 0 radical (unpaired) electrons. The van der Waals surface area contributed by atoms with E-state index in [9.17, 15) is 9.18 Å². The Kier molecular flexibility index (Phi) is 4.14. The van der Waals surface area contributed by atoms with Gasteiger partial charge in [0.15, 0.2) is 0 Å². The normalized spacial score (nSPS) is 22.9. The highest BCUT2D eigenvalue weighted by Crippen LogP contribution is 2.31. The molecule has 1 aromatic carbocycles. The van der Waals surface area contributed by atoms with Gasteiger partial charge in [-0.25, -0.2) is 4.39 Å². The van der Waals surface area contributed by atoms with Gasteiger partial charge in [0.1, 0.15) is 11.4 Å². The van der Waals surface area contributed by atoms with Crippen LogP contribution in [0.5, 0.6) is 0 Å². The highest BCUT2D eigenvalue weighted by molar-refractivity contribution is 5.75. The van der Waals surface area contributed by atoms with E-state index in [4.69, 9.17) is 4.74 Å². The lowest BCUT2D eigenvalue weighted by molar-refractivity contribution is -0.159. The van der Waals surface area contributed by atoms with Crippen LogP contribution in [0.3, 0.4) is 0 Å². The van der Waals surface area contributed by atoms with Gasteiger partial charge in [-0.05, 0) is 44.9 Å². The van der Waals surface area contributed by atoms with Crippen molar-refractivity contribution in [3.8, 4) is 0 Å². The summed E-state index contributed by atoms with van der Waals surface area (Å²) in [5, 5.41) is 3.20. The number of hydrogen-bond donors (Lipinski definition) is 1. The van der Waals surface area contributed by atoms with Crippen molar-refractivity contribution in [1.82, 2.24) is 5.32 Å². The summed E-state index contributed by atoms with van der Waals surface area (Å²) in [5.74, 6) is -0.720. The van der Waals surface area contributed by atoms with Crippen LogP contribution in [0, 0.1) is 18.7 Å². The van der Waals surface area contributed by atoms with Crippen molar-refractivity contribution in [2.24, 2.45) is 5.92 Å². The maximum atomic E-state index is 13.7. The maximum Gasteiger partial charge on any atom is 0.311 e. The molecular formula is C16H22FNO2. The molecule has 2 unspecified atom stereocenters. The molecule has 0 aliphatic carbocycles. The van der Waals surface area contributed by atoms with E-state index < -0.39 is 5.60 Å². The van der Waals surface area contributed by atoms with E-state index in [2.05, 4.69) is 5.32 Å². The number of aryl methyl sites for hydroxylation is 1. The molecule has 20 heavy (non-hydrogen) atoms. The van der Waals surface area contributed by atoms with E-state index >= 15 is 0 Å². The van der Waals surface area contributed by atoms with Gasteiger partial charge in [0.05, 0.1) is 5.92 Å². The van der Waals surface area contributed by atoms with Gasteiger partial charge in [0.25, 0.3) is 0 Å². The molecule has 1 aromatic rings. The topological polar surface area (TPSA) is 38.3 Å². The Morgan fingerprint density at radius 3 is 2.65 bits per heavy atom. The lowest BCUT2D eigenvalue weighted by Gasteiger charge is -2.24. The summed E-state index contributed by atoms with van der Waals surface area (Å²) in [7, 11) is 0. The van der Waals surface area contributed by atoms with E-state index in [1.807, 2.05) is 26.8 Å². The van der Waals surface area contributed by atoms with Gasteiger partial charge >= 0.3 is 5.97 Å². The molecule has 1 N–H and O–H groups in total. The van der Waals surface area contributed by atoms with E-state index in [1.54, 1.807) is 13.0 Å². The average molecular weight is 279 g/mol. The summed E-state index contributed by atoms with van der Waals surface area (Å²) < 4.78 is 19.2. The zero-order chi connectivity index (χ0) is 14.9. The van der Waals surface area contributed by atoms with Crippen molar-refractivity contribution in [1.29, 1.82) is 0 Å². The quantitative estimate of drug-likeness (QED) is 0.846. The second kappa shape index (κ2) is 5.52. The molecule has 1 aliphatic rings. The van der Waals surface area contributed by atoms with E-state index in [0.29, 0.717) is 18.7 Å². The van der Waals surface area contributed by atoms with E-state index in [1.165, 1.54) is 6.07 Å². The fourth-order valence-corrected chi connectivity index (χ4v) is 2.49. The van der Waals surface area contributed by atoms with E-state index in [0.717, 1.165) is 5.56 Å². The lowest BCUT2D eigenvalue weighted by atomic mass is 9.88. The minimum absolute atomic E-state index is 0.0278. The first-order chi connectivity index (χ1) is 9.28. The molecule has 1 saturated heterocycles. The second-order valence-electron chi connectivity index (χ2n) is 6.41. The third kappa shape index (κ3) is 3.37. The Bertz CT molecular complexity index is 508. The van der Waals surface area contributed by atoms with Crippen LogP contribution in [0.2, 0.25) is 0 Å². The second-order valence-corrected chi connectivity index (χ2v) is 6.41. The molecule has 1 aliphatic heterocycles. The van der Waals surface area contributed by atoms with Crippen molar-refractivity contribution in [2.75, 3.05) is 13.1 Å². The van der Waals surface area contributed by atoms with Gasteiger partial charge in [-0.3, -0.25) is 4.79 Å². The fourth-order valence-electron chi connectivity index (χ4n) is 2.49. The summed E-state index contributed by atoms with van der Waals surface area (Å²) in [4.78, 5) is 12.2. The molecule has 110 valence electrons. The van der Waals surface area contributed by atoms with Crippen LogP contribution >= 0.6 is 0 Å². The Morgan fingerprint density at radius 2 is 2.05 bits per heavy atom. The first-order valence-electron chi connectivity index (χ1n) is 6.97. The number of carbonyl (C=O) groups excluding carboxylic acids is 1. The number of ether oxygens (including phenoxy) is 1.